The van der Waals surface area contributed by atoms with Crippen LogP contribution in [0.3, 0.4) is 0 Å². The maximum absolute atomic E-state index is 13.0. The van der Waals surface area contributed by atoms with Crippen LogP contribution in [0.4, 0.5) is 11.4 Å². The monoisotopic (exact) mass is 495 g/mol. The van der Waals surface area contributed by atoms with Crippen molar-refractivity contribution in [3.8, 4) is 0 Å². The summed E-state index contributed by atoms with van der Waals surface area (Å²) >= 11 is 12.3. The topological polar surface area (TPSA) is 78.5 Å². The first-order valence-electron chi connectivity index (χ1n) is 10.8. The van der Waals surface area contributed by atoms with E-state index in [1.807, 2.05) is 31.2 Å². The van der Waals surface area contributed by atoms with E-state index in [0.29, 0.717) is 28.5 Å². The average Bonchev–Trinajstić information content (AvgIpc) is 3.22. The van der Waals surface area contributed by atoms with Crippen LogP contribution < -0.4 is 15.5 Å². The zero-order valence-corrected chi connectivity index (χ0v) is 20.0. The smallest absolute Gasteiger partial charge is 0.253 e. The molecule has 1 saturated heterocycles. The number of aryl methyl sites for hydroxylation is 1. The molecule has 1 fully saturated rings. The highest BCUT2D eigenvalue weighted by molar-refractivity contribution is 6.44. The fourth-order valence-electron chi connectivity index (χ4n) is 3.83. The summed E-state index contributed by atoms with van der Waals surface area (Å²) in [6.45, 7) is 2.54. The third kappa shape index (κ3) is 5.24. The van der Waals surface area contributed by atoms with E-state index in [0.717, 1.165) is 11.1 Å². The Balaban J connectivity index is 1.43. The number of halogens is 2. The van der Waals surface area contributed by atoms with Crippen molar-refractivity contribution in [1.82, 2.24) is 5.32 Å². The number of anilines is 2. The van der Waals surface area contributed by atoms with Crippen molar-refractivity contribution in [3.05, 3.63) is 93.5 Å². The van der Waals surface area contributed by atoms with Gasteiger partial charge in [0.15, 0.2) is 0 Å². The number of amides is 3. The molecule has 0 bridgehead atoms. The molecule has 0 unspecified atom stereocenters. The molecule has 8 heteroatoms. The Bertz CT molecular complexity index is 1240. The van der Waals surface area contributed by atoms with Crippen molar-refractivity contribution in [2.24, 2.45) is 5.92 Å². The lowest BCUT2D eigenvalue weighted by Crippen LogP contribution is -2.29. The van der Waals surface area contributed by atoms with Gasteiger partial charge in [0.2, 0.25) is 11.8 Å². The fraction of sp³-hybridized carbons (Fsp3) is 0.192. The molecule has 3 aromatic rings. The Morgan fingerprint density at radius 1 is 1.00 bits per heavy atom. The number of rotatable bonds is 6. The molecular weight excluding hydrogens is 473 g/mol. The summed E-state index contributed by atoms with van der Waals surface area (Å²) in [4.78, 5) is 39.9. The third-order valence-corrected chi connectivity index (χ3v) is 6.53. The van der Waals surface area contributed by atoms with Crippen LogP contribution in [0.25, 0.3) is 0 Å². The molecule has 0 spiro atoms. The summed E-state index contributed by atoms with van der Waals surface area (Å²) in [6.07, 6.45) is 0.0382. The Kier molecular flexibility index (Phi) is 7.20. The molecule has 0 saturated carbocycles. The quantitative estimate of drug-likeness (QED) is 0.491. The highest BCUT2D eigenvalue weighted by Gasteiger charge is 2.36. The van der Waals surface area contributed by atoms with Gasteiger partial charge in [-0.15, -0.1) is 0 Å². The van der Waals surface area contributed by atoms with Crippen LogP contribution in [0.1, 0.15) is 27.9 Å². The van der Waals surface area contributed by atoms with Gasteiger partial charge in [-0.1, -0.05) is 71.2 Å². The highest BCUT2D eigenvalue weighted by atomic mass is 35.5. The first-order chi connectivity index (χ1) is 16.3. The molecule has 1 atom stereocenters. The van der Waals surface area contributed by atoms with Crippen LogP contribution in [0.15, 0.2) is 66.7 Å². The van der Waals surface area contributed by atoms with Crippen LogP contribution in [-0.4, -0.2) is 24.3 Å². The van der Waals surface area contributed by atoms with Crippen LogP contribution >= 0.6 is 23.2 Å². The summed E-state index contributed by atoms with van der Waals surface area (Å²) in [5.74, 6) is -1.45. The lowest BCUT2D eigenvalue weighted by molar-refractivity contribution is -0.122. The number of carbonyl (C=O) groups excluding carboxylic acids is 3. The minimum absolute atomic E-state index is 0.0382. The minimum atomic E-state index is -0.591. The third-order valence-electron chi connectivity index (χ3n) is 5.72. The normalized spacial score (nSPS) is 15.3. The van der Waals surface area contributed by atoms with E-state index in [2.05, 4.69) is 10.6 Å². The summed E-state index contributed by atoms with van der Waals surface area (Å²) in [5.41, 5.74) is 3.34. The number of benzene rings is 3. The summed E-state index contributed by atoms with van der Waals surface area (Å²) < 4.78 is 0. The largest absolute Gasteiger partial charge is 0.348 e. The van der Waals surface area contributed by atoms with Crippen LogP contribution in [-0.2, 0) is 16.1 Å². The first kappa shape index (κ1) is 23.8. The lowest BCUT2D eigenvalue weighted by atomic mass is 10.1. The Labute approximate surface area is 207 Å². The van der Waals surface area contributed by atoms with E-state index >= 15 is 0 Å². The number of para-hydroxylation sites is 1. The molecule has 4 rings (SSSR count). The van der Waals surface area contributed by atoms with Gasteiger partial charge in [-0.3, -0.25) is 14.4 Å². The van der Waals surface area contributed by atoms with Gasteiger partial charge in [-0.25, -0.2) is 0 Å². The first-order valence-corrected chi connectivity index (χ1v) is 11.6. The maximum Gasteiger partial charge on any atom is 0.253 e. The van der Waals surface area contributed by atoms with Crippen molar-refractivity contribution < 1.29 is 14.4 Å². The number of hydrogen-bond acceptors (Lipinski definition) is 3. The molecule has 1 heterocycles. The standard InChI is InChI=1S/C26H23Cl2N3O3/c1-16-9-11-17(12-10-16)14-29-26(34)19-5-2-3-7-21(19)30-25(33)18-13-23(32)31(15-18)22-8-4-6-20(27)24(22)28/h2-12,18H,13-15H2,1H3,(H,29,34)(H,30,33)/t18-/m1/s1. The molecule has 3 aromatic carbocycles. The number of hydrogen-bond donors (Lipinski definition) is 2. The second-order valence-electron chi connectivity index (χ2n) is 8.18. The summed E-state index contributed by atoms with van der Waals surface area (Å²) in [6, 6.07) is 19.7. The zero-order chi connectivity index (χ0) is 24.2. The number of carbonyl (C=O) groups is 3. The van der Waals surface area contributed by atoms with E-state index in [-0.39, 0.29) is 35.7 Å². The SMILES string of the molecule is Cc1ccc(CNC(=O)c2ccccc2NC(=O)[C@@H]2CC(=O)N(c3cccc(Cl)c3Cl)C2)cc1. The van der Waals surface area contributed by atoms with E-state index in [1.165, 1.54) is 4.90 Å². The van der Waals surface area contributed by atoms with Gasteiger partial charge in [0.05, 0.1) is 32.9 Å². The van der Waals surface area contributed by atoms with Gasteiger partial charge in [0.25, 0.3) is 5.91 Å². The number of nitrogens with zero attached hydrogens (tertiary/aromatic N) is 1. The van der Waals surface area contributed by atoms with Crippen molar-refractivity contribution >= 4 is 52.3 Å². The van der Waals surface area contributed by atoms with Gasteiger partial charge in [0.1, 0.15) is 0 Å². The predicted octanol–water partition coefficient (Wildman–Crippen LogP) is 5.22. The molecule has 174 valence electrons. The maximum atomic E-state index is 13.0. The minimum Gasteiger partial charge on any atom is -0.348 e. The molecule has 1 aliphatic heterocycles. The van der Waals surface area contributed by atoms with E-state index in [1.54, 1.807) is 42.5 Å². The Morgan fingerprint density at radius 2 is 1.74 bits per heavy atom. The Morgan fingerprint density at radius 3 is 2.50 bits per heavy atom. The van der Waals surface area contributed by atoms with Crippen LogP contribution in [0.5, 0.6) is 0 Å². The van der Waals surface area contributed by atoms with Crippen molar-refractivity contribution in [2.75, 3.05) is 16.8 Å². The van der Waals surface area contributed by atoms with E-state index in [9.17, 15) is 14.4 Å². The van der Waals surface area contributed by atoms with E-state index < -0.39 is 5.92 Å². The van der Waals surface area contributed by atoms with Crippen molar-refractivity contribution in [3.63, 3.8) is 0 Å². The van der Waals surface area contributed by atoms with Crippen LogP contribution in [0.2, 0.25) is 10.0 Å². The van der Waals surface area contributed by atoms with Gasteiger partial charge in [0, 0.05) is 19.5 Å². The van der Waals surface area contributed by atoms with Crippen molar-refractivity contribution in [1.29, 1.82) is 0 Å². The fourth-order valence-corrected chi connectivity index (χ4v) is 4.22. The van der Waals surface area contributed by atoms with E-state index in [4.69, 9.17) is 23.2 Å². The second-order valence-corrected chi connectivity index (χ2v) is 8.97. The predicted molar refractivity (Wildman–Crippen MR) is 134 cm³/mol. The van der Waals surface area contributed by atoms with Gasteiger partial charge < -0.3 is 15.5 Å². The summed E-state index contributed by atoms with van der Waals surface area (Å²) in [5, 5.41) is 6.32. The van der Waals surface area contributed by atoms with Gasteiger partial charge in [-0.05, 0) is 36.8 Å². The molecule has 3 amide bonds. The molecule has 0 aromatic heterocycles. The van der Waals surface area contributed by atoms with Gasteiger partial charge in [-0.2, -0.15) is 0 Å². The highest BCUT2D eigenvalue weighted by Crippen LogP contribution is 2.36. The van der Waals surface area contributed by atoms with Crippen LogP contribution in [0, 0.1) is 12.8 Å². The molecule has 0 radical (unpaired) electrons. The van der Waals surface area contributed by atoms with Crippen molar-refractivity contribution in [2.45, 2.75) is 19.9 Å². The van der Waals surface area contributed by atoms with Gasteiger partial charge >= 0.3 is 0 Å². The molecule has 34 heavy (non-hydrogen) atoms. The zero-order valence-electron chi connectivity index (χ0n) is 18.5. The lowest BCUT2D eigenvalue weighted by Gasteiger charge is -2.19. The molecule has 0 aliphatic carbocycles. The Hall–Kier alpha value is -3.35. The second kappa shape index (κ2) is 10.3. The molecular formula is C26H23Cl2N3O3. The molecule has 2 N–H and O–H groups in total. The average molecular weight is 496 g/mol. The molecule has 6 nitrogen and oxygen atoms in total. The summed E-state index contributed by atoms with van der Waals surface area (Å²) in [7, 11) is 0. The number of nitrogens with one attached hydrogen (secondary N) is 2. The molecule has 1 aliphatic rings.